The summed E-state index contributed by atoms with van der Waals surface area (Å²) in [6.07, 6.45) is 6.76. The van der Waals surface area contributed by atoms with Crippen molar-refractivity contribution in [2.24, 2.45) is 5.41 Å². The van der Waals surface area contributed by atoms with Gasteiger partial charge in [0.25, 0.3) is 0 Å². The van der Waals surface area contributed by atoms with Crippen LogP contribution in [0, 0.1) is 5.41 Å². The average Bonchev–Trinajstić information content (AvgIpc) is 3.24. The van der Waals surface area contributed by atoms with Crippen molar-refractivity contribution in [1.29, 1.82) is 0 Å². The lowest BCUT2D eigenvalue weighted by Gasteiger charge is -2.34. The van der Waals surface area contributed by atoms with E-state index in [2.05, 4.69) is 30.8 Å². The topological polar surface area (TPSA) is 144 Å². The number of β-amino-alcohol motifs (C(OH)–C–C–N with tert-alkyl or cyclic N) is 1. The first-order valence-electron chi connectivity index (χ1n) is 12.7. The summed E-state index contributed by atoms with van der Waals surface area (Å²) in [5.41, 5.74) is 1.79. The van der Waals surface area contributed by atoms with Crippen LogP contribution in [0.1, 0.15) is 57.7 Å². The molecule has 3 aromatic rings. The Morgan fingerprint density at radius 2 is 2.03 bits per heavy atom. The quantitative estimate of drug-likeness (QED) is 0.462. The summed E-state index contributed by atoms with van der Waals surface area (Å²) in [7, 11) is 0. The van der Waals surface area contributed by atoms with Gasteiger partial charge in [0.2, 0.25) is 11.8 Å². The number of aliphatic hydroxyl groups excluding tert-OH is 1. The van der Waals surface area contributed by atoms with E-state index in [0.29, 0.717) is 18.2 Å². The van der Waals surface area contributed by atoms with Gasteiger partial charge in [0.15, 0.2) is 0 Å². The van der Waals surface area contributed by atoms with Crippen LogP contribution in [0.2, 0.25) is 0 Å². The summed E-state index contributed by atoms with van der Waals surface area (Å²) in [6.45, 7) is 6.63. The molecule has 4 heterocycles. The second-order valence-corrected chi connectivity index (χ2v) is 10.9. The summed E-state index contributed by atoms with van der Waals surface area (Å²) in [5.74, 6) is -0.141. The lowest BCUT2D eigenvalue weighted by molar-refractivity contribution is -0.144. The number of likely N-dealkylation sites (tertiary alicyclic amines) is 1. The highest BCUT2D eigenvalue weighted by atomic mass is 16.3. The molecule has 12 heteroatoms. The largest absolute Gasteiger partial charge is 0.391 e. The molecule has 1 aliphatic carbocycles. The Bertz CT molecular complexity index is 1250. The van der Waals surface area contributed by atoms with Crippen molar-refractivity contribution in [2.45, 2.75) is 70.7 Å². The van der Waals surface area contributed by atoms with E-state index in [4.69, 9.17) is 0 Å². The van der Waals surface area contributed by atoms with E-state index in [-0.39, 0.29) is 31.3 Å². The molecule has 0 spiro atoms. The number of hydrogen-bond donors (Lipinski definition) is 2. The lowest BCUT2D eigenvalue weighted by Crippen LogP contribution is -2.50. The zero-order valence-electron chi connectivity index (χ0n) is 21.4. The van der Waals surface area contributed by atoms with Crippen LogP contribution in [-0.4, -0.2) is 82.0 Å². The second-order valence-electron chi connectivity index (χ2n) is 10.9. The summed E-state index contributed by atoms with van der Waals surface area (Å²) in [6, 6.07) is 4.14. The van der Waals surface area contributed by atoms with Crippen LogP contribution in [-0.2, 0) is 16.1 Å². The molecule has 1 saturated carbocycles. The number of aromatic nitrogens is 7. The molecule has 0 unspecified atom stereocenters. The molecular formula is C25H33N9O3. The second kappa shape index (κ2) is 10.0. The van der Waals surface area contributed by atoms with Crippen LogP contribution in [0.25, 0.3) is 11.4 Å². The molecule has 2 aliphatic rings. The molecule has 12 nitrogen and oxygen atoms in total. The van der Waals surface area contributed by atoms with Gasteiger partial charge in [-0.1, -0.05) is 32.1 Å². The number of carbonyl (C=O) groups is 2. The third kappa shape index (κ3) is 5.53. The maximum atomic E-state index is 13.8. The minimum absolute atomic E-state index is 0.0990. The number of aliphatic hydroxyl groups is 1. The Morgan fingerprint density at radius 1 is 1.22 bits per heavy atom. The van der Waals surface area contributed by atoms with E-state index in [1.165, 1.54) is 9.70 Å². The Morgan fingerprint density at radius 3 is 2.73 bits per heavy atom. The summed E-state index contributed by atoms with van der Waals surface area (Å²) in [4.78, 5) is 34.2. The molecule has 0 radical (unpaired) electrons. The lowest BCUT2D eigenvalue weighted by atomic mass is 9.85. The van der Waals surface area contributed by atoms with E-state index in [1.807, 2.05) is 45.2 Å². The van der Waals surface area contributed by atoms with Gasteiger partial charge in [0.05, 0.1) is 30.2 Å². The maximum Gasteiger partial charge on any atom is 0.248 e. The van der Waals surface area contributed by atoms with E-state index in [0.717, 1.165) is 24.2 Å². The molecule has 2 fully saturated rings. The number of nitrogens with zero attached hydrogens (tertiary/aromatic N) is 8. The highest BCUT2D eigenvalue weighted by Gasteiger charge is 2.45. The summed E-state index contributed by atoms with van der Waals surface area (Å²) >= 11 is 0. The molecule has 37 heavy (non-hydrogen) atoms. The van der Waals surface area contributed by atoms with Crippen molar-refractivity contribution in [3.8, 4) is 11.4 Å². The first-order chi connectivity index (χ1) is 17.7. The smallest absolute Gasteiger partial charge is 0.248 e. The number of amides is 2. The molecule has 3 atom stereocenters. The third-order valence-corrected chi connectivity index (χ3v) is 6.78. The van der Waals surface area contributed by atoms with Crippen molar-refractivity contribution >= 4 is 11.8 Å². The van der Waals surface area contributed by atoms with Gasteiger partial charge in [-0.15, -0.1) is 5.10 Å². The van der Waals surface area contributed by atoms with Gasteiger partial charge in [-0.3, -0.25) is 14.6 Å². The average molecular weight is 508 g/mol. The van der Waals surface area contributed by atoms with Crippen LogP contribution >= 0.6 is 0 Å². The Balaban J connectivity index is 1.23. The predicted octanol–water partition coefficient (Wildman–Crippen LogP) is 1.17. The van der Waals surface area contributed by atoms with Crippen molar-refractivity contribution in [1.82, 2.24) is 45.2 Å². The Kier molecular flexibility index (Phi) is 6.76. The fourth-order valence-electron chi connectivity index (χ4n) is 4.76. The Labute approximate surface area is 215 Å². The zero-order valence-corrected chi connectivity index (χ0v) is 21.4. The van der Waals surface area contributed by atoms with E-state index in [9.17, 15) is 14.7 Å². The van der Waals surface area contributed by atoms with Crippen LogP contribution in [0.3, 0.4) is 0 Å². The highest BCUT2D eigenvalue weighted by Crippen LogP contribution is 2.40. The Hall–Kier alpha value is -3.67. The summed E-state index contributed by atoms with van der Waals surface area (Å²) < 4.78 is 1.62. The van der Waals surface area contributed by atoms with Crippen LogP contribution in [0.5, 0.6) is 0 Å². The van der Waals surface area contributed by atoms with Crippen LogP contribution in [0.15, 0.2) is 36.8 Å². The van der Waals surface area contributed by atoms with Crippen LogP contribution < -0.4 is 5.32 Å². The number of pyridine rings is 1. The number of rotatable bonds is 8. The van der Waals surface area contributed by atoms with Gasteiger partial charge in [-0.2, -0.15) is 15.0 Å². The van der Waals surface area contributed by atoms with Crippen molar-refractivity contribution in [3.05, 3.63) is 42.5 Å². The minimum atomic E-state index is -0.771. The standard InChI is InChI=1S/C25H33N9O3/c1-25(2,3)22(33-15-20(29-31-33)16-7-8-16)24(37)32-14-17(35)12-21(32)23(36)27-10-11-34-28-13-19(30-34)18-6-4-5-9-26-18/h4-6,9,13,15-17,21-22,35H,7-8,10-12,14H2,1-3H3,(H,27,36)/t17-,21+,22-/m1/s1. The molecule has 0 bridgehead atoms. The zero-order chi connectivity index (χ0) is 26.2. The number of nitrogens with one attached hydrogen (secondary N) is 1. The molecule has 5 rings (SSSR count). The fourth-order valence-corrected chi connectivity index (χ4v) is 4.76. The van der Waals surface area contributed by atoms with Gasteiger partial charge < -0.3 is 15.3 Å². The molecule has 2 amide bonds. The monoisotopic (exact) mass is 507 g/mol. The van der Waals surface area contributed by atoms with Gasteiger partial charge in [-0.05, 0) is 30.4 Å². The van der Waals surface area contributed by atoms with Crippen molar-refractivity contribution < 1.29 is 14.7 Å². The summed E-state index contributed by atoms with van der Waals surface area (Å²) in [5, 5.41) is 30.4. The van der Waals surface area contributed by atoms with Gasteiger partial charge in [-0.25, -0.2) is 4.68 Å². The molecule has 2 N–H and O–H groups in total. The molecular weight excluding hydrogens is 474 g/mol. The SMILES string of the molecule is CC(C)(C)[C@@H](C(=O)N1C[C@H](O)C[C@H]1C(=O)NCCn1ncc(-c2ccccn2)n1)n1cc(C2CC2)nn1. The highest BCUT2D eigenvalue weighted by molar-refractivity contribution is 5.90. The van der Waals surface area contributed by atoms with E-state index in [1.54, 1.807) is 17.1 Å². The fraction of sp³-hybridized carbons (Fsp3) is 0.560. The first-order valence-corrected chi connectivity index (χ1v) is 12.7. The molecule has 1 aliphatic heterocycles. The molecule has 196 valence electrons. The maximum absolute atomic E-state index is 13.8. The van der Waals surface area contributed by atoms with Gasteiger partial charge >= 0.3 is 0 Å². The van der Waals surface area contributed by atoms with Crippen molar-refractivity contribution in [2.75, 3.05) is 13.1 Å². The molecule has 0 aromatic carbocycles. The van der Waals surface area contributed by atoms with Crippen LogP contribution in [0.4, 0.5) is 0 Å². The molecule has 1 saturated heterocycles. The minimum Gasteiger partial charge on any atom is -0.391 e. The third-order valence-electron chi connectivity index (χ3n) is 6.78. The normalized spacial score (nSPS) is 20.7. The molecule has 3 aromatic heterocycles. The first kappa shape index (κ1) is 25.0. The van der Waals surface area contributed by atoms with E-state index >= 15 is 0 Å². The number of carbonyl (C=O) groups excluding carboxylic acids is 2. The van der Waals surface area contributed by atoms with Crippen molar-refractivity contribution in [3.63, 3.8) is 0 Å². The van der Waals surface area contributed by atoms with E-state index < -0.39 is 23.6 Å². The van der Waals surface area contributed by atoms with Gasteiger partial charge in [0.1, 0.15) is 17.8 Å². The van der Waals surface area contributed by atoms with Gasteiger partial charge in [0, 0.05) is 37.8 Å². The number of hydrogen-bond acceptors (Lipinski definition) is 8. The predicted molar refractivity (Wildman–Crippen MR) is 133 cm³/mol.